The van der Waals surface area contributed by atoms with Crippen LogP contribution in [0.1, 0.15) is 32.6 Å². The molecule has 2 aliphatic rings. The molecular weight excluding hydrogens is 244 g/mol. The van der Waals surface area contributed by atoms with Gasteiger partial charge >= 0.3 is 5.97 Å². The fourth-order valence-electron chi connectivity index (χ4n) is 2.54. The summed E-state index contributed by atoms with van der Waals surface area (Å²) in [5.74, 6) is -0.155. The fraction of sp³-hybridized carbons (Fsp3) is 0.929. The summed E-state index contributed by atoms with van der Waals surface area (Å²) in [6, 6.07) is 0.296. The van der Waals surface area contributed by atoms with Crippen LogP contribution in [0.25, 0.3) is 0 Å². The first-order chi connectivity index (χ1) is 9.22. The second-order valence-electron chi connectivity index (χ2n) is 5.50. The van der Waals surface area contributed by atoms with Gasteiger partial charge in [0.25, 0.3) is 0 Å². The molecule has 0 amide bonds. The van der Waals surface area contributed by atoms with Crippen molar-refractivity contribution in [1.29, 1.82) is 0 Å². The molecule has 2 unspecified atom stereocenters. The Balaban J connectivity index is 1.82. The van der Waals surface area contributed by atoms with E-state index in [0.717, 1.165) is 32.5 Å². The minimum absolute atomic E-state index is 0.155. The SMILES string of the molecule is CCN(CC1CCCO1)CC(NC1CC1)C(=O)OC. The predicted molar refractivity (Wildman–Crippen MR) is 73.0 cm³/mol. The molecule has 0 aromatic rings. The number of hydrogen-bond donors (Lipinski definition) is 1. The molecule has 1 saturated heterocycles. The molecule has 0 bridgehead atoms. The summed E-state index contributed by atoms with van der Waals surface area (Å²) < 4.78 is 10.6. The van der Waals surface area contributed by atoms with Crippen LogP contribution >= 0.6 is 0 Å². The summed E-state index contributed by atoms with van der Waals surface area (Å²) in [7, 11) is 1.46. The molecule has 2 rings (SSSR count). The number of nitrogens with zero attached hydrogens (tertiary/aromatic N) is 1. The molecule has 110 valence electrons. The lowest BCUT2D eigenvalue weighted by Gasteiger charge is -2.27. The van der Waals surface area contributed by atoms with Crippen LogP contribution < -0.4 is 5.32 Å². The third kappa shape index (κ3) is 4.75. The summed E-state index contributed by atoms with van der Waals surface area (Å²) in [4.78, 5) is 14.1. The number of esters is 1. The molecule has 1 heterocycles. The van der Waals surface area contributed by atoms with E-state index < -0.39 is 0 Å². The Bertz CT molecular complexity index is 288. The number of methoxy groups -OCH3 is 1. The van der Waals surface area contributed by atoms with Crippen LogP contribution in [0.15, 0.2) is 0 Å². The van der Waals surface area contributed by atoms with Gasteiger partial charge in [-0.2, -0.15) is 0 Å². The molecule has 1 saturated carbocycles. The third-order valence-electron chi connectivity index (χ3n) is 3.87. The van der Waals surface area contributed by atoms with Crippen LogP contribution in [-0.2, 0) is 14.3 Å². The number of likely N-dealkylation sites (N-methyl/N-ethyl adjacent to an activating group) is 1. The zero-order valence-corrected chi connectivity index (χ0v) is 12.1. The second-order valence-corrected chi connectivity index (χ2v) is 5.50. The first-order valence-corrected chi connectivity index (χ1v) is 7.40. The maximum Gasteiger partial charge on any atom is 0.324 e. The van der Waals surface area contributed by atoms with Crippen molar-refractivity contribution in [1.82, 2.24) is 10.2 Å². The van der Waals surface area contributed by atoms with Crippen molar-refractivity contribution in [3.63, 3.8) is 0 Å². The summed E-state index contributed by atoms with van der Waals surface area (Å²) in [5, 5.41) is 3.37. The normalized spacial score (nSPS) is 24.7. The highest BCUT2D eigenvalue weighted by Gasteiger charge is 2.30. The quantitative estimate of drug-likeness (QED) is 0.661. The number of ether oxygens (including phenoxy) is 2. The topological polar surface area (TPSA) is 50.8 Å². The lowest BCUT2D eigenvalue weighted by atomic mass is 10.2. The van der Waals surface area contributed by atoms with Crippen molar-refractivity contribution in [2.45, 2.75) is 50.8 Å². The van der Waals surface area contributed by atoms with E-state index in [1.807, 2.05) is 0 Å². The van der Waals surface area contributed by atoms with Crippen LogP contribution in [0, 0.1) is 0 Å². The van der Waals surface area contributed by atoms with Gasteiger partial charge in [-0.15, -0.1) is 0 Å². The van der Waals surface area contributed by atoms with E-state index in [-0.39, 0.29) is 12.0 Å². The van der Waals surface area contributed by atoms with Crippen molar-refractivity contribution in [3.8, 4) is 0 Å². The van der Waals surface area contributed by atoms with Crippen molar-refractivity contribution in [2.75, 3.05) is 33.4 Å². The molecule has 1 N–H and O–H groups in total. The van der Waals surface area contributed by atoms with Crippen molar-refractivity contribution >= 4 is 5.97 Å². The largest absolute Gasteiger partial charge is 0.468 e. The highest BCUT2D eigenvalue weighted by Crippen LogP contribution is 2.20. The molecule has 0 aromatic heterocycles. The fourth-order valence-corrected chi connectivity index (χ4v) is 2.54. The van der Waals surface area contributed by atoms with Gasteiger partial charge in [0, 0.05) is 25.7 Å². The Kier molecular flexibility index (Phi) is 5.60. The average molecular weight is 270 g/mol. The van der Waals surface area contributed by atoms with Crippen LogP contribution in [0.4, 0.5) is 0 Å². The number of carbonyl (C=O) groups excluding carboxylic acids is 1. The Morgan fingerprint density at radius 2 is 2.26 bits per heavy atom. The first kappa shape index (κ1) is 14.8. The molecule has 5 nitrogen and oxygen atoms in total. The summed E-state index contributed by atoms with van der Waals surface area (Å²) in [5.41, 5.74) is 0. The smallest absolute Gasteiger partial charge is 0.324 e. The van der Waals surface area contributed by atoms with E-state index in [1.54, 1.807) is 0 Å². The Labute approximate surface area is 115 Å². The second kappa shape index (κ2) is 7.22. The first-order valence-electron chi connectivity index (χ1n) is 7.40. The third-order valence-corrected chi connectivity index (χ3v) is 3.87. The van der Waals surface area contributed by atoms with Crippen LogP contribution in [0.3, 0.4) is 0 Å². The molecular formula is C14H26N2O3. The number of hydrogen-bond acceptors (Lipinski definition) is 5. The summed E-state index contributed by atoms with van der Waals surface area (Å²) in [6.07, 6.45) is 4.97. The van der Waals surface area contributed by atoms with Gasteiger partial charge in [0.05, 0.1) is 13.2 Å². The Morgan fingerprint density at radius 3 is 2.79 bits per heavy atom. The summed E-state index contributed by atoms with van der Waals surface area (Å²) >= 11 is 0. The van der Waals surface area contributed by atoms with E-state index in [9.17, 15) is 4.79 Å². The molecule has 2 fully saturated rings. The molecule has 2 atom stereocenters. The van der Waals surface area contributed by atoms with E-state index in [0.29, 0.717) is 18.7 Å². The highest BCUT2D eigenvalue weighted by atomic mass is 16.5. The molecule has 0 aromatic carbocycles. The van der Waals surface area contributed by atoms with Gasteiger partial charge in [0.15, 0.2) is 0 Å². The Morgan fingerprint density at radius 1 is 1.47 bits per heavy atom. The van der Waals surface area contributed by atoms with E-state index >= 15 is 0 Å². The molecule has 0 radical (unpaired) electrons. The molecule has 1 aliphatic carbocycles. The molecule has 0 spiro atoms. The summed E-state index contributed by atoms with van der Waals surface area (Å²) in [6.45, 7) is 5.55. The van der Waals surface area contributed by atoms with Crippen LogP contribution in [0.2, 0.25) is 0 Å². The van der Waals surface area contributed by atoms with Crippen molar-refractivity contribution in [2.24, 2.45) is 0 Å². The Hall–Kier alpha value is -0.650. The van der Waals surface area contributed by atoms with Gasteiger partial charge < -0.3 is 14.8 Å². The molecule has 5 heteroatoms. The minimum atomic E-state index is -0.209. The van der Waals surface area contributed by atoms with Crippen LogP contribution in [0.5, 0.6) is 0 Å². The van der Waals surface area contributed by atoms with Gasteiger partial charge in [0.2, 0.25) is 0 Å². The molecule has 19 heavy (non-hydrogen) atoms. The zero-order chi connectivity index (χ0) is 13.7. The van der Waals surface area contributed by atoms with Gasteiger partial charge in [-0.25, -0.2) is 0 Å². The average Bonchev–Trinajstić information content (AvgIpc) is 3.10. The van der Waals surface area contributed by atoms with Gasteiger partial charge in [-0.1, -0.05) is 6.92 Å². The monoisotopic (exact) mass is 270 g/mol. The lowest BCUT2D eigenvalue weighted by Crippen LogP contribution is -2.49. The lowest BCUT2D eigenvalue weighted by molar-refractivity contribution is -0.143. The highest BCUT2D eigenvalue weighted by molar-refractivity contribution is 5.76. The minimum Gasteiger partial charge on any atom is -0.468 e. The van der Waals surface area contributed by atoms with Gasteiger partial charge in [0.1, 0.15) is 6.04 Å². The van der Waals surface area contributed by atoms with E-state index in [1.165, 1.54) is 20.0 Å². The zero-order valence-electron chi connectivity index (χ0n) is 12.1. The van der Waals surface area contributed by atoms with E-state index in [4.69, 9.17) is 9.47 Å². The van der Waals surface area contributed by atoms with E-state index in [2.05, 4.69) is 17.1 Å². The maximum absolute atomic E-state index is 11.8. The van der Waals surface area contributed by atoms with Crippen LogP contribution in [-0.4, -0.2) is 62.4 Å². The predicted octanol–water partition coefficient (Wildman–Crippen LogP) is 0.781. The van der Waals surface area contributed by atoms with Gasteiger partial charge in [-0.05, 0) is 32.2 Å². The maximum atomic E-state index is 11.8. The number of nitrogens with one attached hydrogen (secondary N) is 1. The van der Waals surface area contributed by atoms with Crippen molar-refractivity contribution < 1.29 is 14.3 Å². The molecule has 1 aliphatic heterocycles. The van der Waals surface area contributed by atoms with Crippen molar-refractivity contribution in [3.05, 3.63) is 0 Å². The van der Waals surface area contributed by atoms with Gasteiger partial charge in [-0.3, -0.25) is 9.69 Å². The standard InChI is InChI=1S/C14H26N2O3/c1-3-16(9-12-5-4-8-19-12)10-13(14(17)18-2)15-11-6-7-11/h11-13,15H,3-10H2,1-2H3. The number of rotatable bonds is 8. The number of carbonyl (C=O) groups is 1.